The lowest BCUT2D eigenvalue weighted by Gasteiger charge is -2.33. The minimum absolute atomic E-state index is 0.00889. The Balaban J connectivity index is 1.33. The average molecular weight is 435 g/mol. The van der Waals surface area contributed by atoms with Gasteiger partial charge in [0.25, 0.3) is 0 Å². The molecule has 3 heterocycles. The van der Waals surface area contributed by atoms with Gasteiger partial charge in [-0.2, -0.15) is 0 Å². The van der Waals surface area contributed by atoms with Gasteiger partial charge in [0.2, 0.25) is 5.91 Å². The Kier molecular flexibility index (Phi) is 6.94. The zero-order valence-electron chi connectivity index (χ0n) is 18.7. The standard InChI is InChI=1S/C25H30N4O3/c1-3-32-23-17-19(8-9-22(23)31-2)18-27-25(30)20-10-15-29(16-11-20)24-21(7-6-12-26-24)28-13-4-5-14-28/h4-9,12-14,17,20H,3,10-11,15-16,18H2,1-2H3,(H,27,30). The summed E-state index contributed by atoms with van der Waals surface area (Å²) in [5.41, 5.74) is 2.05. The Hall–Kier alpha value is -3.48. The number of nitrogens with zero attached hydrogens (tertiary/aromatic N) is 3. The van der Waals surface area contributed by atoms with E-state index < -0.39 is 0 Å². The minimum atomic E-state index is 0.00889. The first-order valence-corrected chi connectivity index (χ1v) is 11.1. The number of carbonyl (C=O) groups excluding carboxylic acids is 1. The lowest BCUT2D eigenvalue weighted by atomic mass is 9.95. The summed E-state index contributed by atoms with van der Waals surface area (Å²) in [6, 6.07) is 13.8. The van der Waals surface area contributed by atoms with E-state index in [1.165, 1.54) is 0 Å². The van der Waals surface area contributed by atoms with E-state index in [0.717, 1.165) is 43.0 Å². The summed E-state index contributed by atoms with van der Waals surface area (Å²) in [7, 11) is 1.62. The fraction of sp³-hybridized carbons (Fsp3) is 0.360. The third kappa shape index (κ3) is 4.88. The van der Waals surface area contributed by atoms with Crippen molar-refractivity contribution in [2.45, 2.75) is 26.3 Å². The molecule has 7 heteroatoms. The van der Waals surface area contributed by atoms with Crippen LogP contribution in [0, 0.1) is 5.92 Å². The molecular weight excluding hydrogens is 404 g/mol. The molecule has 168 valence electrons. The Bertz CT molecular complexity index is 1030. The van der Waals surface area contributed by atoms with E-state index in [9.17, 15) is 4.79 Å². The number of amides is 1. The van der Waals surface area contributed by atoms with Crippen LogP contribution in [0.4, 0.5) is 5.82 Å². The van der Waals surface area contributed by atoms with Crippen LogP contribution < -0.4 is 19.7 Å². The maximum atomic E-state index is 12.8. The summed E-state index contributed by atoms with van der Waals surface area (Å²) >= 11 is 0. The highest BCUT2D eigenvalue weighted by Crippen LogP contribution is 2.29. The largest absolute Gasteiger partial charge is 0.493 e. The van der Waals surface area contributed by atoms with E-state index in [4.69, 9.17) is 9.47 Å². The van der Waals surface area contributed by atoms with E-state index >= 15 is 0 Å². The number of hydrogen-bond donors (Lipinski definition) is 1. The number of benzene rings is 1. The molecule has 1 fully saturated rings. The van der Waals surface area contributed by atoms with Crippen molar-refractivity contribution in [3.63, 3.8) is 0 Å². The number of carbonyl (C=O) groups is 1. The fourth-order valence-electron chi connectivity index (χ4n) is 4.12. The molecule has 32 heavy (non-hydrogen) atoms. The van der Waals surface area contributed by atoms with E-state index in [0.29, 0.717) is 24.7 Å². The molecular formula is C25H30N4O3. The zero-order valence-corrected chi connectivity index (χ0v) is 18.7. The Morgan fingerprint density at radius 2 is 1.91 bits per heavy atom. The SMILES string of the molecule is CCOc1cc(CNC(=O)C2CCN(c3ncccc3-n3cccc3)CC2)ccc1OC. The summed E-state index contributed by atoms with van der Waals surface area (Å²) in [6.07, 6.45) is 7.49. The summed E-state index contributed by atoms with van der Waals surface area (Å²) < 4.78 is 13.0. The fourth-order valence-corrected chi connectivity index (χ4v) is 4.12. The van der Waals surface area contributed by atoms with E-state index in [-0.39, 0.29) is 11.8 Å². The van der Waals surface area contributed by atoms with Gasteiger partial charge < -0.3 is 24.3 Å². The van der Waals surface area contributed by atoms with Crippen LogP contribution in [0.1, 0.15) is 25.3 Å². The first-order valence-electron chi connectivity index (χ1n) is 11.1. The molecule has 1 N–H and O–H groups in total. The molecule has 4 rings (SSSR count). The van der Waals surface area contributed by atoms with Crippen molar-refractivity contribution in [2.24, 2.45) is 5.92 Å². The lowest BCUT2D eigenvalue weighted by Crippen LogP contribution is -2.41. The second-order valence-electron chi connectivity index (χ2n) is 7.83. The van der Waals surface area contributed by atoms with Crippen LogP contribution in [-0.4, -0.2) is 42.3 Å². The quantitative estimate of drug-likeness (QED) is 0.584. The summed E-state index contributed by atoms with van der Waals surface area (Å²) in [4.78, 5) is 19.7. The van der Waals surface area contributed by atoms with Gasteiger partial charge in [-0.3, -0.25) is 4.79 Å². The number of ether oxygens (including phenoxy) is 2. The van der Waals surface area contributed by atoms with Crippen LogP contribution in [0.25, 0.3) is 5.69 Å². The number of pyridine rings is 1. The Morgan fingerprint density at radius 1 is 1.12 bits per heavy atom. The summed E-state index contributed by atoms with van der Waals surface area (Å²) in [5.74, 6) is 2.47. The van der Waals surface area contributed by atoms with Crippen molar-refractivity contribution in [3.05, 3.63) is 66.6 Å². The third-order valence-corrected chi connectivity index (χ3v) is 5.81. The van der Waals surface area contributed by atoms with Crippen molar-refractivity contribution in [1.29, 1.82) is 0 Å². The molecule has 0 aliphatic carbocycles. The van der Waals surface area contributed by atoms with E-state index in [1.54, 1.807) is 7.11 Å². The molecule has 0 radical (unpaired) electrons. The predicted octanol–water partition coefficient (Wildman–Crippen LogP) is 3.81. The van der Waals surface area contributed by atoms with Gasteiger partial charge >= 0.3 is 0 Å². The third-order valence-electron chi connectivity index (χ3n) is 5.81. The molecule has 1 saturated heterocycles. The van der Waals surface area contributed by atoms with Gasteiger partial charge in [0.1, 0.15) is 0 Å². The van der Waals surface area contributed by atoms with Gasteiger partial charge in [-0.05, 0) is 61.7 Å². The van der Waals surface area contributed by atoms with Crippen LogP contribution in [-0.2, 0) is 11.3 Å². The van der Waals surface area contributed by atoms with Gasteiger partial charge in [0.05, 0.1) is 19.4 Å². The number of hydrogen-bond acceptors (Lipinski definition) is 5. The monoisotopic (exact) mass is 434 g/mol. The number of nitrogens with one attached hydrogen (secondary N) is 1. The molecule has 2 aromatic heterocycles. The van der Waals surface area contributed by atoms with Crippen LogP contribution in [0.2, 0.25) is 0 Å². The molecule has 0 atom stereocenters. The maximum absolute atomic E-state index is 12.8. The number of anilines is 1. The Labute approximate surface area is 189 Å². The molecule has 0 bridgehead atoms. The molecule has 1 aliphatic rings. The highest BCUT2D eigenvalue weighted by atomic mass is 16.5. The van der Waals surface area contributed by atoms with Crippen LogP contribution in [0.3, 0.4) is 0 Å². The first kappa shape index (κ1) is 21.7. The van der Waals surface area contributed by atoms with Crippen molar-refractivity contribution in [1.82, 2.24) is 14.9 Å². The highest BCUT2D eigenvalue weighted by Gasteiger charge is 2.26. The topological polar surface area (TPSA) is 68.6 Å². The van der Waals surface area contributed by atoms with Crippen LogP contribution >= 0.6 is 0 Å². The number of rotatable bonds is 8. The smallest absolute Gasteiger partial charge is 0.223 e. The summed E-state index contributed by atoms with van der Waals surface area (Å²) in [6.45, 7) is 4.59. The van der Waals surface area contributed by atoms with E-state index in [2.05, 4.69) is 25.8 Å². The average Bonchev–Trinajstić information content (AvgIpc) is 3.38. The maximum Gasteiger partial charge on any atom is 0.223 e. The van der Waals surface area contributed by atoms with Crippen molar-refractivity contribution in [2.75, 3.05) is 31.7 Å². The summed E-state index contributed by atoms with van der Waals surface area (Å²) in [5, 5.41) is 3.09. The molecule has 7 nitrogen and oxygen atoms in total. The molecule has 1 aliphatic heterocycles. The number of methoxy groups -OCH3 is 1. The second-order valence-corrected chi connectivity index (χ2v) is 7.83. The van der Waals surface area contributed by atoms with Gasteiger partial charge in [-0.1, -0.05) is 6.07 Å². The van der Waals surface area contributed by atoms with Gasteiger partial charge in [-0.25, -0.2) is 4.98 Å². The van der Waals surface area contributed by atoms with Gasteiger partial charge in [0, 0.05) is 44.1 Å². The first-order chi connectivity index (χ1) is 15.7. The predicted molar refractivity (Wildman–Crippen MR) is 125 cm³/mol. The molecule has 3 aromatic rings. The molecule has 0 saturated carbocycles. The second kappa shape index (κ2) is 10.2. The van der Waals surface area contributed by atoms with Gasteiger partial charge in [-0.15, -0.1) is 0 Å². The van der Waals surface area contributed by atoms with Gasteiger partial charge in [0.15, 0.2) is 17.3 Å². The minimum Gasteiger partial charge on any atom is -0.493 e. The molecule has 1 amide bonds. The van der Waals surface area contributed by atoms with Crippen molar-refractivity contribution in [3.8, 4) is 17.2 Å². The normalized spacial score (nSPS) is 14.2. The van der Waals surface area contributed by atoms with Crippen LogP contribution in [0.5, 0.6) is 11.5 Å². The van der Waals surface area contributed by atoms with E-state index in [1.807, 2.05) is 61.9 Å². The van der Waals surface area contributed by atoms with Crippen molar-refractivity contribution >= 4 is 11.7 Å². The number of aromatic nitrogens is 2. The Morgan fingerprint density at radius 3 is 2.62 bits per heavy atom. The molecule has 1 aromatic carbocycles. The number of piperidine rings is 1. The highest BCUT2D eigenvalue weighted by molar-refractivity contribution is 5.79. The lowest BCUT2D eigenvalue weighted by molar-refractivity contribution is -0.125. The van der Waals surface area contributed by atoms with Crippen molar-refractivity contribution < 1.29 is 14.3 Å². The molecule has 0 unspecified atom stereocenters. The zero-order chi connectivity index (χ0) is 22.3. The van der Waals surface area contributed by atoms with Crippen LogP contribution in [0.15, 0.2) is 61.1 Å². The molecule has 0 spiro atoms.